The minimum Gasteiger partial charge on any atom is -0.493 e. The lowest BCUT2D eigenvalue weighted by Crippen LogP contribution is -2.05. The van der Waals surface area contributed by atoms with E-state index >= 15 is 0 Å². The molecule has 0 unspecified atom stereocenters. The van der Waals surface area contributed by atoms with Crippen molar-refractivity contribution in [3.63, 3.8) is 0 Å². The second kappa shape index (κ2) is 7.96. The summed E-state index contributed by atoms with van der Waals surface area (Å²) in [5.74, 6) is 0.518. The molecule has 2 rings (SSSR count). The predicted molar refractivity (Wildman–Crippen MR) is 86.1 cm³/mol. The molecule has 0 fully saturated rings. The molecule has 7 nitrogen and oxygen atoms in total. The smallest absolute Gasteiger partial charge is 0.309 e. The number of para-hydroxylation sites is 1. The average Bonchev–Trinajstić information content (AvgIpc) is 2.60. The molecule has 0 aromatic heterocycles. The van der Waals surface area contributed by atoms with E-state index in [0.717, 1.165) is 5.56 Å². The number of ether oxygens (including phenoxy) is 3. The van der Waals surface area contributed by atoms with Crippen LogP contribution in [0.1, 0.15) is 11.1 Å². The van der Waals surface area contributed by atoms with Gasteiger partial charge in [-0.1, -0.05) is 18.2 Å². The van der Waals surface area contributed by atoms with Gasteiger partial charge in [0.25, 0.3) is 5.69 Å². The first-order valence-electron chi connectivity index (χ1n) is 7.14. The number of nitrogens with zero attached hydrogens (tertiary/aromatic N) is 1. The highest BCUT2D eigenvalue weighted by Gasteiger charge is 2.14. The zero-order valence-electron chi connectivity index (χ0n) is 13.4. The molecule has 0 aliphatic heterocycles. The summed E-state index contributed by atoms with van der Waals surface area (Å²) >= 11 is 0. The molecule has 2 aromatic rings. The molecule has 7 heteroatoms. The van der Waals surface area contributed by atoms with E-state index in [1.165, 1.54) is 20.3 Å². The van der Waals surface area contributed by atoms with Crippen molar-refractivity contribution in [3.05, 3.63) is 63.7 Å². The van der Waals surface area contributed by atoms with Gasteiger partial charge in [-0.05, 0) is 23.8 Å². The van der Waals surface area contributed by atoms with Crippen LogP contribution in [0, 0.1) is 10.1 Å². The van der Waals surface area contributed by atoms with Crippen LogP contribution in [-0.2, 0) is 22.6 Å². The van der Waals surface area contributed by atoms with Gasteiger partial charge < -0.3 is 14.2 Å². The Balaban J connectivity index is 2.15. The van der Waals surface area contributed by atoms with Crippen molar-refractivity contribution in [1.82, 2.24) is 0 Å². The van der Waals surface area contributed by atoms with E-state index < -0.39 is 4.92 Å². The number of nitro benzene ring substituents is 1. The first-order chi connectivity index (χ1) is 11.5. The van der Waals surface area contributed by atoms with Crippen molar-refractivity contribution >= 4 is 11.7 Å². The minimum atomic E-state index is -0.449. The lowest BCUT2D eigenvalue weighted by Gasteiger charge is -2.12. The molecule has 0 aliphatic carbocycles. The lowest BCUT2D eigenvalue weighted by atomic mass is 10.1. The van der Waals surface area contributed by atoms with Crippen LogP contribution < -0.4 is 9.47 Å². The summed E-state index contributed by atoms with van der Waals surface area (Å²) in [6, 6.07) is 11.4. The van der Waals surface area contributed by atoms with Crippen LogP contribution in [-0.4, -0.2) is 25.1 Å². The molecular weight excluding hydrogens is 314 g/mol. The van der Waals surface area contributed by atoms with Crippen molar-refractivity contribution in [2.45, 2.75) is 13.0 Å². The summed E-state index contributed by atoms with van der Waals surface area (Å²) in [6.07, 6.45) is 0.122. The van der Waals surface area contributed by atoms with E-state index in [4.69, 9.17) is 9.47 Å². The van der Waals surface area contributed by atoms with Crippen LogP contribution in [0.4, 0.5) is 5.69 Å². The largest absolute Gasteiger partial charge is 0.493 e. The highest BCUT2D eigenvalue weighted by Crippen LogP contribution is 2.30. The van der Waals surface area contributed by atoms with Crippen molar-refractivity contribution in [1.29, 1.82) is 0 Å². The van der Waals surface area contributed by atoms with E-state index in [-0.39, 0.29) is 24.7 Å². The van der Waals surface area contributed by atoms with E-state index in [0.29, 0.717) is 17.1 Å². The average molecular weight is 331 g/mol. The van der Waals surface area contributed by atoms with E-state index in [1.54, 1.807) is 36.4 Å². The summed E-state index contributed by atoms with van der Waals surface area (Å²) in [6.45, 7) is 0.0316. The summed E-state index contributed by atoms with van der Waals surface area (Å²) < 4.78 is 15.5. The Kier molecular flexibility index (Phi) is 5.73. The first-order valence-corrected chi connectivity index (χ1v) is 7.14. The predicted octanol–water partition coefficient (Wildman–Crippen LogP) is 2.90. The molecule has 0 bridgehead atoms. The Morgan fingerprint density at radius 2 is 1.88 bits per heavy atom. The SMILES string of the molecule is COC(=O)Cc1ccc(OCc2ccccc2[N+](=O)[O-])c(OC)c1. The van der Waals surface area contributed by atoms with Crippen LogP contribution in [0.3, 0.4) is 0 Å². The van der Waals surface area contributed by atoms with Gasteiger partial charge in [0.1, 0.15) is 6.61 Å². The van der Waals surface area contributed by atoms with Crippen molar-refractivity contribution in [2.24, 2.45) is 0 Å². The Morgan fingerprint density at radius 3 is 2.54 bits per heavy atom. The number of benzene rings is 2. The Hall–Kier alpha value is -3.09. The lowest BCUT2D eigenvalue weighted by molar-refractivity contribution is -0.385. The van der Waals surface area contributed by atoms with Crippen molar-refractivity contribution in [3.8, 4) is 11.5 Å². The number of esters is 1. The molecule has 0 radical (unpaired) electrons. The molecular formula is C17H17NO6. The standard InChI is InChI=1S/C17H17NO6/c1-22-16-9-12(10-17(19)23-2)7-8-15(16)24-11-13-5-3-4-6-14(13)18(20)21/h3-9H,10-11H2,1-2H3. The summed E-state index contributed by atoms with van der Waals surface area (Å²) in [5, 5.41) is 11.0. The van der Waals surface area contributed by atoms with Crippen LogP contribution in [0.15, 0.2) is 42.5 Å². The quantitative estimate of drug-likeness (QED) is 0.440. The van der Waals surface area contributed by atoms with Gasteiger partial charge in [-0.25, -0.2) is 0 Å². The Morgan fingerprint density at radius 1 is 1.12 bits per heavy atom. The molecule has 126 valence electrons. The topological polar surface area (TPSA) is 87.9 Å². The highest BCUT2D eigenvalue weighted by atomic mass is 16.6. The number of carbonyl (C=O) groups is 1. The number of rotatable bonds is 7. The van der Waals surface area contributed by atoms with Gasteiger partial charge in [-0.15, -0.1) is 0 Å². The van der Waals surface area contributed by atoms with E-state index in [9.17, 15) is 14.9 Å². The van der Waals surface area contributed by atoms with Crippen molar-refractivity contribution < 1.29 is 23.9 Å². The molecule has 0 saturated heterocycles. The number of carbonyl (C=O) groups excluding carboxylic acids is 1. The Labute approximate surface area is 138 Å². The van der Waals surface area contributed by atoms with Gasteiger partial charge in [-0.3, -0.25) is 14.9 Å². The van der Waals surface area contributed by atoms with Crippen LogP contribution >= 0.6 is 0 Å². The van der Waals surface area contributed by atoms with Crippen LogP contribution in [0.25, 0.3) is 0 Å². The fourth-order valence-electron chi connectivity index (χ4n) is 2.15. The van der Waals surface area contributed by atoms with Gasteiger partial charge in [0.2, 0.25) is 0 Å². The Bertz CT molecular complexity index is 744. The normalized spacial score (nSPS) is 10.1. The minimum absolute atomic E-state index is 0.00113. The molecule has 0 heterocycles. The monoisotopic (exact) mass is 331 g/mol. The highest BCUT2D eigenvalue weighted by molar-refractivity contribution is 5.72. The van der Waals surface area contributed by atoms with Crippen LogP contribution in [0.5, 0.6) is 11.5 Å². The van der Waals surface area contributed by atoms with Gasteiger partial charge >= 0.3 is 5.97 Å². The third-order valence-electron chi connectivity index (χ3n) is 3.38. The van der Waals surface area contributed by atoms with Gasteiger partial charge in [-0.2, -0.15) is 0 Å². The number of methoxy groups -OCH3 is 2. The van der Waals surface area contributed by atoms with Gasteiger partial charge in [0.15, 0.2) is 11.5 Å². The molecule has 0 atom stereocenters. The number of hydrogen-bond acceptors (Lipinski definition) is 6. The molecule has 0 N–H and O–H groups in total. The molecule has 2 aromatic carbocycles. The number of hydrogen-bond donors (Lipinski definition) is 0. The van der Waals surface area contributed by atoms with Gasteiger partial charge in [0, 0.05) is 6.07 Å². The fraction of sp³-hybridized carbons (Fsp3) is 0.235. The third-order valence-corrected chi connectivity index (χ3v) is 3.38. The second-order valence-corrected chi connectivity index (χ2v) is 4.91. The summed E-state index contributed by atoms with van der Waals surface area (Å²) in [7, 11) is 2.80. The molecule has 0 spiro atoms. The molecule has 0 saturated carbocycles. The molecule has 0 amide bonds. The fourth-order valence-corrected chi connectivity index (χ4v) is 2.15. The zero-order chi connectivity index (χ0) is 17.5. The summed E-state index contributed by atoms with van der Waals surface area (Å²) in [4.78, 5) is 21.9. The second-order valence-electron chi connectivity index (χ2n) is 4.91. The zero-order valence-corrected chi connectivity index (χ0v) is 13.4. The first kappa shape index (κ1) is 17.3. The van der Waals surface area contributed by atoms with Crippen molar-refractivity contribution in [2.75, 3.05) is 14.2 Å². The maximum atomic E-state index is 11.3. The maximum Gasteiger partial charge on any atom is 0.309 e. The number of nitro groups is 1. The van der Waals surface area contributed by atoms with E-state index in [2.05, 4.69) is 4.74 Å². The maximum absolute atomic E-state index is 11.3. The molecule has 0 aliphatic rings. The third kappa shape index (κ3) is 4.22. The summed E-state index contributed by atoms with van der Waals surface area (Å²) in [5.41, 5.74) is 1.18. The van der Waals surface area contributed by atoms with Crippen LogP contribution in [0.2, 0.25) is 0 Å². The van der Waals surface area contributed by atoms with Gasteiger partial charge in [0.05, 0.1) is 31.1 Å². The molecule has 24 heavy (non-hydrogen) atoms. The van der Waals surface area contributed by atoms with E-state index in [1.807, 2.05) is 0 Å².